The largest absolute Gasteiger partial charge is 0.390 e. The van der Waals surface area contributed by atoms with Crippen molar-refractivity contribution in [1.29, 1.82) is 0 Å². The lowest BCUT2D eigenvalue weighted by molar-refractivity contribution is 0.366. The van der Waals surface area contributed by atoms with Crippen LogP contribution in [0.5, 0.6) is 0 Å². The fraction of sp³-hybridized carbons (Fsp3) is 0.700. The van der Waals surface area contributed by atoms with Crippen molar-refractivity contribution in [3.05, 3.63) is 12.3 Å². The van der Waals surface area contributed by atoms with Crippen molar-refractivity contribution in [1.82, 2.24) is 5.32 Å². The highest BCUT2D eigenvalue weighted by Gasteiger charge is 2.43. The van der Waals surface area contributed by atoms with Crippen LogP contribution in [0.25, 0.3) is 0 Å². The van der Waals surface area contributed by atoms with Crippen LogP contribution in [0.2, 0.25) is 0 Å². The maximum Gasteiger partial charge on any atom is 0.0976 e. The van der Waals surface area contributed by atoms with E-state index in [1.807, 2.05) is 6.20 Å². The predicted octanol–water partition coefficient (Wildman–Crippen LogP) is 1.71. The van der Waals surface area contributed by atoms with Crippen LogP contribution in [-0.2, 0) is 0 Å². The van der Waals surface area contributed by atoms with Gasteiger partial charge in [0.1, 0.15) is 0 Å². The molecule has 72 valence electrons. The first-order valence-corrected chi connectivity index (χ1v) is 5.35. The first-order valence-electron chi connectivity index (χ1n) is 4.94. The van der Waals surface area contributed by atoms with Gasteiger partial charge in [0.05, 0.1) is 4.99 Å². The lowest BCUT2D eigenvalue weighted by Gasteiger charge is -2.26. The van der Waals surface area contributed by atoms with Crippen LogP contribution in [0.15, 0.2) is 12.3 Å². The van der Waals surface area contributed by atoms with E-state index < -0.39 is 0 Å². The molecule has 0 saturated heterocycles. The van der Waals surface area contributed by atoms with Gasteiger partial charge in [0, 0.05) is 5.54 Å². The topological polar surface area (TPSA) is 38.0 Å². The molecule has 0 aromatic heterocycles. The molecule has 0 amide bonds. The molecule has 2 aliphatic rings. The monoisotopic (exact) mass is 196 g/mol. The maximum absolute atomic E-state index is 5.38. The molecule has 2 fully saturated rings. The summed E-state index contributed by atoms with van der Waals surface area (Å²) < 4.78 is 0. The molecular weight excluding hydrogens is 180 g/mol. The summed E-state index contributed by atoms with van der Waals surface area (Å²) in [6.07, 6.45) is 10.5. The molecule has 2 nitrogen and oxygen atoms in total. The Balaban J connectivity index is 1.90. The van der Waals surface area contributed by atoms with Gasteiger partial charge in [-0.05, 0) is 50.3 Å². The van der Waals surface area contributed by atoms with Gasteiger partial charge in [-0.1, -0.05) is 12.2 Å². The zero-order valence-corrected chi connectivity index (χ0v) is 8.57. The Morgan fingerprint density at radius 2 is 2.15 bits per heavy atom. The summed E-state index contributed by atoms with van der Waals surface area (Å²) in [5.74, 6) is 0.978. The lowest BCUT2D eigenvalue weighted by Crippen LogP contribution is -2.37. The first kappa shape index (κ1) is 9.00. The van der Waals surface area contributed by atoms with E-state index in [4.69, 9.17) is 18.0 Å². The summed E-state index contributed by atoms with van der Waals surface area (Å²) in [5, 5.41) is 3.47. The minimum Gasteiger partial charge on any atom is -0.390 e. The average molecular weight is 196 g/mol. The molecular formula is C10H16N2S. The minimum absolute atomic E-state index is 0.395. The van der Waals surface area contributed by atoms with Crippen LogP contribution in [0.1, 0.15) is 32.1 Å². The fourth-order valence-corrected chi connectivity index (χ4v) is 2.76. The SMILES string of the molecule is NC(=S)C=CNC12CCC(CC1)C2. The van der Waals surface area contributed by atoms with Gasteiger partial charge in [0.15, 0.2) is 0 Å². The third-order valence-corrected chi connectivity index (χ3v) is 3.51. The van der Waals surface area contributed by atoms with Gasteiger partial charge < -0.3 is 11.1 Å². The van der Waals surface area contributed by atoms with Crippen LogP contribution in [-0.4, -0.2) is 10.5 Å². The highest BCUT2D eigenvalue weighted by Crippen LogP contribution is 2.47. The molecule has 0 heterocycles. The second-order valence-corrected chi connectivity index (χ2v) is 4.78. The number of nitrogens with two attached hydrogens (primary N) is 1. The van der Waals surface area contributed by atoms with Crippen LogP contribution in [0, 0.1) is 5.92 Å². The summed E-state index contributed by atoms with van der Waals surface area (Å²) in [7, 11) is 0. The molecule has 0 aliphatic heterocycles. The Labute approximate surface area is 84.6 Å². The zero-order valence-electron chi connectivity index (χ0n) is 7.75. The van der Waals surface area contributed by atoms with Crippen molar-refractivity contribution >= 4 is 17.2 Å². The highest BCUT2D eigenvalue weighted by molar-refractivity contribution is 7.80. The van der Waals surface area contributed by atoms with Gasteiger partial charge in [-0.15, -0.1) is 0 Å². The number of fused-ring (bicyclic) bond motifs is 2. The molecule has 2 saturated carbocycles. The molecule has 13 heavy (non-hydrogen) atoms. The van der Waals surface area contributed by atoms with E-state index in [-0.39, 0.29) is 0 Å². The van der Waals surface area contributed by atoms with Crippen LogP contribution in [0.3, 0.4) is 0 Å². The predicted molar refractivity (Wildman–Crippen MR) is 58.4 cm³/mol. The van der Waals surface area contributed by atoms with Gasteiger partial charge in [-0.25, -0.2) is 0 Å². The molecule has 3 heteroatoms. The van der Waals surface area contributed by atoms with E-state index in [9.17, 15) is 0 Å². The normalized spacial score (nSPS) is 37.1. The van der Waals surface area contributed by atoms with Crippen molar-refractivity contribution in [2.75, 3.05) is 0 Å². The number of hydrogen-bond acceptors (Lipinski definition) is 2. The average Bonchev–Trinajstić information content (AvgIpc) is 2.62. The van der Waals surface area contributed by atoms with Gasteiger partial charge >= 0.3 is 0 Å². The number of nitrogens with one attached hydrogen (secondary N) is 1. The highest BCUT2D eigenvalue weighted by atomic mass is 32.1. The zero-order chi connectivity index (χ0) is 9.31. The summed E-state index contributed by atoms with van der Waals surface area (Å²) in [6, 6.07) is 0. The van der Waals surface area contributed by atoms with E-state index in [1.165, 1.54) is 32.1 Å². The molecule has 2 aliphatic carbocycles. The Morgan fingerprint density at radius 1 is 1.46 bits per heavy atom. The van der Waals surface area contributed by atoms with Crippen molar-refractivity contribution in [2.24, 2.45) is 11.7 Å². The molecule has 0 aromatic carbocycles. The van der Waals surface area contributed by atoms with Crippen molar-refractivity contribution < 1.29 is 0 Å². The Bertz CT molecular complexity index is 239. The van der Waals surface area contributed by atoms with E-state index in [1.54, 1.807) is 6.08 Å². The van der Waals surface area contributed by atoms with E-state index in [2.05, 4.69) is 5.32 Å². The minimum atomic E-state index is 0.395. The van der Waals surface area contributed by atoms with E-state index in [0.29, 0.717) is 10.5 Å². The summed E-state index contributed by atoms with van der Waals surface area (Å²) >= 11 is 4.77. The number of thiocarbonyl (C=S) groups is 1. The quantitative estimate of drug-likeness (QED) is 0.533. The second kappa shape index (κ2) is 3.29. The summed E-state index contributed by atoms with van der Waals surface area (Å²) in [5.41, 5.74) is 5.77. The summed E-state index contributed by atoms with van der Waals surface area (Å²) in [6.45, 7) is 0. The molecule has 0 unspecified atom stereocenters. The Kier molecular flexibility index (Phi) is 2.28. The second-order valence-electron chi connectivity index (χ2n) is 4.31. The smallest absolute Gasteiger partial charge is 0.0976 e. The molecule has 2 bridgehead atoms. The molecule has 3 N–H and O–H groups in total. The number of rotatable bonds is 3. The Morgan fingerprint density at radius 3 is 2.62 bits per heavy atom. The van der Waals surface area contributed by atoms with Crippen LogP contribution < -0.4 is 11.1 Å². The standard InChI is InChI=1S/C10H16N2S/c11-9(13)3-6-12-10-4-1-8(7-10)2-5-10/h3,6,8,12H,1-2,4-5,7H2,(H2,11,13). The molecule has 0 aromatic rings. The van der Waals surface area contributed by atoms with E-state index >= 15 is 0 Å². The lowest BCUT2D eigenvalue weighted by atomic mass is 9.94. The fourth-order valence-electron chi connectivity index (χ4n) is 2.69. The van der Waals surface area contributed by atoms with Crippen molar-refractivity contribution in [3.63, 3.8) is 0 Å². The molecule has 0 spiro atoms. The third kappa shape index (κ3) is 1.85. The van der Waals surface area contributed by atoms with Crippen molar-refractivity contribution in [2.45, 2.75) is 37.6 Å². The molecule has 0 radical (unpaired) electrons. The van der Waals surface area contributed by atoms with Gasteiger partial charge in [0.25, 0.3) is 0 Å². The molecule has 0 atom stereocenters. The third-order valence-electron chi connectivity index (χ3n) is 3.38. The Hall–Kier alpha value is -0.570. The number of hydrogen-bond donors (Lipinski definition) is 2. The van der Waals surface area contributed by atoms with Gasteiger partial charge in [0.2, 0.25) is 0 Å². The molecule has 2 rings (SSSR count). The maximum atomic E-state index is 5.38. The first-order chi connectivity index (χ1) is 6.20. The van der Waals surface area contributed by atoms with Crippen LogP contribution in [0.4, 0.5) is 0 Å². The van der Waals surface area contributed by atoms with Gasteiger partial charge in [-0.3, -0.25) is 0 Å². The van der Waals surface area contributed by atoms with Gasteiger partial charge in [-0.2, -0.15) is 0 Å². The summed E-state index contributed by atoms with van der Waals surface area (Å²) in [4.78, 5) is 0.455. The van der Waals surface area contributed by atoms with Crippen LogP contribution >= 0.6 is 12.2 Å². The van der Waals surface area contributed by atoms with Crippen molar-refractivity contribution in [3.8, 4) is 0 Å². The van der Waals surface area contributed by atoms with E-state index in [0.717, 1.165) is 5.92 Å².